The zero-order valence-corrected chi connectivity index (χ0v) is 26.8. The van der Waals surface area contributed by atoms with Gasteiger partial charge in [-0.05, 0) is 58.4 Å². The van der Waals surface area contributed by atoms with Crippen molar-refractivity contribution in [2.45, 2.75) is 52.4 Å². The molecule has 2 aromatic carbocycles. The first-order valence-corrected chi connectivity index (χ1v) is 14.0. The van der Waals surface area contributed by atoms with E-state index in [0.717, 1.165) is 29.1 Å². The smallest absolute Gasteiger partial charge is 0.168 e. The molecule has 2 heterocycles. The van der Waals surface area contributed by atoms with Gasteiger partial charge in [0.05, 0.1) is 11.1 Å². The summed E-state index contributed by atoms with van der Waals surface area (Å²) in [6, 6.07) is 21.2. The molecule has 224 valence electrons. The molecule has 11 heteroatoms. The van der Waals surface area contributed by atoms with Crippen molar-refractivity contribution in [3.8, 4) is 12.1 Å². The Balaban J connectivity index is 0.000000247. The van der Waals surface area contributed by atoms with Crippen molar-refractivity contribution in [1.82, 2.24) is 9.97 Å². The molecule has 0 aliphatic rings. The molecule has 4 aromatic rings. The van der Waals surface area contributed by atoms with Gasteiger partial charge in [0.2, 0.25) is 0 Å². The van der Waals surface area contributed by atoms with Crippen LogP contribution >= 0.6 is 34.8 Å². The summed E-state index contributed by atoms with van der Waals surface area (Å²) in [4.78, 5) is 7.26. The van der Waals surface area contributed by atoms with Crippen LogP contribution in [-0.4, -0.2) is 9.97 Å². The van der Waals surface area contributed by atoms with E-state index in [2.05, 4.69) is 62.9 Å². The average Bonchev–Trinajstić information content (AvgIpc) is 2.92. The van der Waals surface area contributed by atoms with Gasteiger partial charge in [-0.1, -0.05) is 101 Å². The Labute approximate surface area is 266 Å². The summed E-state index contributed by atoms with van der Waals surface area (Å²) < 4.78 is 26.4. The van der Waals surface area contributed by atoms with Gasteiger partial charge in [-0.3, -0.25) is 0 Å². The van der Waals surface area contributed by atoms with Crippen molar-refractivity contribution in [3.63, 3.8) is 0 Å². The number of benzene rings is 2. The second-order valence-electron chi connectivity index (χ2n) is 11.3. The number of pyridine rings is 2. The van der Waals surface area contributed by atoms with Crippen LogP contribution in [0.5, 0.6) is 0 Å². The van der Waals surface area contributed by atoms with Crippen molar-refractivity contribution in [2.75, 3.05) is 11.1 Å². The SMILES string of the molecule is CC(C)(C)c1cccc(N)c1.CC(C)(C)c1cccc(Nc2nc(Cl)c(C#N)cc2F)c1.N#Cc1cc(F)c(Cl)nc1Cl. The van der Waals surface area contributed by atoms with Crippen LogP contribution in [0.4, 0.5) is 26.0 Å². The number of rotatable bonds is 2. The van der Waals surface area contributed by atoms with Gasteiger partial charge in [0, 0.05) is 11.4 Å². The number of anilines is 3. The minimum absolute atomic E-state index is 0.00468. The number of nitrogens with zero attached hydrogens (tertiary/aromatic N) is 4. The Kier molecular flexibility index (Phi) is 12.3. The van der Waals surface area contributed by atoms with Gasteiger partial charge < -0.3 is 11.1 Å². The predicted octanol–water partition coefficient (Wildman–Crippen LogP) is 9.75. The molecule has 6 nitrogen and oxygen atoms in total. The molecule has 0 fully saturated rings. The molecular formula is C32H31Cl3F2N6. The molecular weight excluding hydrogens is 613 g/mol. The van der Waals surface area contributed by atoms with Gasteiger partial charge in [0.15, 0.2) is 22.6 Å². The fourth-order valence-electron chi connectivity index (χ4n) is 3.36. The van der Waals surface area contributed by atoms with E-state index in [1.807, 2.05) is 42.5 Å². The molecule has 4 rings (SSSR count). The zero-order chi connectivity index (χ0) is 32.5. The fourth-order valence-corrected chi connectivity index (χ4v) is 3.91. The largest absolute Gasteiger partial charge is 0.399 e. The van der Waals surface area contributed by atoms with Gasteiger partial charge in [0.1, 0.15) is 22.4 Å². The fraction of sp³-hybridized carbons (Fsp3) is 0.250. The van der Waals surface area contributed by atoms with E-state index in [9.17, 15) is 8.78 Å². The van der Waals surface area contributed by atoms with E-state index < -0.39 is 11.6 Å². The lowest BCUT2D eigenvalue weighted by atomic mass is 9.87. The predicted molar refractivity (Wildman–Crippen MR) is 171 cm³/mol. The van der Waals surface area contributed by atoms with Crippen LogP contribution < -0.4 is 11.1 Å². The molecule has 0 radical (unpaired) electrons. The maximum Gasteiger partial charge on any atom is 0.168 e. The number of hydrogen-bond acceptors (Lipinski definition) is 6. The van der Waals surface area contributed by atoms with Gasteiger partial charge >= 0.3 is 0 Å². The van der Waals surface area contributed by atoms with E-state index in [0.29, 0.717) is 0 Å². The summed E-state index contributed by atoms with van der Waals surface area (Å²) in [6.45, 7) is 12.8. The number of nitrogens with two attached hydrogens (primary N) is 1. The van der Waals surface area contributed by atoms with Crippen LogP contribution in [0.3, 0.4) is 0 Å². The summed E-state index contributed by atoms with van der Waals surface area (Å²) in [5.74, 6) is -1.35. The highest BCUT2D eigenvalue weighted by Gasteiger charge is 2.15. The molecule has 0 saturated heterocycles. The maximum absolute atomic E-state index is 13.9. The number of hydrogen-bond donors (Lipinski definition) is 2. The monoisotopic (exact) mass is 642 g/mol. The van der Waals surface area contributed by atoms with Gasteiger partial charge in [-0.2, -0.15) is 10.5 Å². The first-order chi connectivity index (χ1) is 20.0. The van der Waals surface area contributed by atoms with E-state index in [-0.39, 0.29) is 43.2 Å². The highest BCUT2D eigenvalue weighted by Crippen LogP contribution is 2.28. The number of nitrogens with one attached hydrogen (secondary N) is 1. The standard InChI is InChI=1S/C16H15ClFN3.C10H15N.C6HCl2FN2/c1-16(2,3)11-5-4-6-12(8-11)20-15-13(18)7-10(9-19)14(17)21-15;1-10(2,3)8-5-4-6-9(11)7-8;7-5-3(2-10)1-4(9)6(8)11-5/h4-8H,1-3H3,(H,20,21);4-7H,11H2,1-3H3;1H. The number of aromatic nitrogens is 2. The van der Waals surface area contributed by atoms with Crippen molar-refractivity contribution in [1.29, 1.82) is 10.5 Å². The second kappa shape index (κ2) is 15.0. The average molecular weight is 644 g/mol. The molecule has 0 amide bonds. The summed E-state index contributed by atoms with van der Waals surface area (Å²) in [7, 11) is 0. The molecule has 0 atom stereocenters. The van der Waals surface area contributed by atoms with Crippen LogP contribution in [0.15, 0.2) is 60.7 Å². The summed E-state index contributed by atoms with van der Waals surface area (Å²) in [6.07, 6.45) is 0. The van der Waals surface area contributed by atoms with Gasteiger partial charge in [0.25, 0.3) is 0 Å². The van der Waals surface area contributed by atoms with Crippen molar-refractivity contribution < 1.29 is 8.78 Å². The minimum Gasteiger partial charge on any atom is -0.399 e. The van der Waals surface area contributed by atoms with Gasteiger partial charge in [-0.15, -0.1) is 0 Å². The topological polar surface area (TPSA) is 111 Å². The van der Waals surface area contributed by atoms with Crippen molar-refractivity contribution in [2.24, 2.45) is 0 Å². The summed E-state index contributed by atoms with van der Waals surface area (Å²) in [5, 5.41) is 19.6. The summed E-state index contributed by atoms with van der Waals surface area (Å²) in [5.41, 5.74) is 9.82. The van der Waals surface area contributed by atoms with Crippen LogP contribution in [0, 0.1) is 34.3 Å². The van der Waals surface area contributed by atoms with Crippen LogP contribution in [-0.2, 0) is 10.8 Å². The Bertz CT molecular complexity index is 1670. The molecule has 0 bridgehead atoms. The summed E-state index contributed by atoms with van der Waals surface area (Å²) >= 11 is 16.5. The lowest BCUT2D eigenvalue weighted by Crippen LogP contribution is -2.11. The van der Waals surface area contributed by atoms with Crippen LogP contribution in [0.25, 0.3) is 0 Å². The third-order valence-corrected chi connectivity index (χ3v) is 6.64. The molecule has 0 spiro atoms. The van der Waals surface area contributed by atoms with E-state index >= 15 is 0 Å². The molecule has 0 aliphatic heterocycles. The highest BCUT2D eigenvalue weighted by atomic mass is 35.5. The third kappa shape index (κ3) is 10.7. The van der Waals surface area contributed by atoms with Crippen LogP contribution in [0.1, 0.15) is 63.8 Å². The Morgan fingerprint density at radius 2 is 1.19 bits per heavy atom. The number of nitrogen functional groups attached to an aromatic ring is 1. The Morgan fingerprint density at radius 3 is 1.67 bits per heavy atom. The second-order valence-corrected chi connectivity index (χ2v) is 12.4. The molecule has 43 heavy (non-hydrogen) atoms. The molecule has 0 saturated carbocycles. The van der Waals surface area contributed by atoms with E-state index in [1.165, 1.54) is 5.56 Å². The molecule has 0 aliphatic carbocycles. The van der Waals surface area contributed by atoms with Crippen molar-refractivity contribution >= 4 is 52.0 Å². The third-order valence-electron chi connectivity index (χ3n) is 5.80. The lowest BCUT2D eigenvalue weighted by Gasteiger charge is -2.20. The molecule has 3 N–H and O–H groups in total. The Morgan fingerprint density at radius 1 is 0.698 bits per heavy atom. The maximum atomic E-state index is 13.9. The number of nitriles is 2. The van der Waals surface area contributed by atoms with E-state index in [4.69, 9.17) is 51.1 Å². The highest BCUT2D eigenvalue weighted by molar-refractivity contribution is 6.33. The minimum atomic E-state index is -0.743. The van der Waals surface area contributed by atoms with Gasteiger partial charge in [-0.25, -0.2) is 18.7 Å². The van der Waals surface area contributed by atoms with Crippen molar-refractivity contribution in [3.05, 3.63) is 110 Å². The quantitative estimate of drug-likeness (QED) is 0.166. The normalized spacial score (nSPS) is 10.7. The number of halogens is 5. The Hall–Kier alpha value is -3.95. The first-order valence-electron chi connectivity index (χ1n) is 12.9. The molecule has 2 aromatic heterocycles. The molecule has 0 unspecified atom stereocenters. The lowest BCUT2D eigenvalue weighted by molar-refractivity contribution is 0.590. The first kappa shape index (κ1) is 35.2. The zero-order valence-electron chi connectivity index (χ0n) is 24.5. The van der Waals surface area contributed by atoms with E-state index in [1.54, 1.807) is 12.1 Å². The van der Waals surface area contributed by atoms with Crippen LogP contribution in [0.2, 0.25) is 15.5 Å².